The Morgan fingerprint density at radius 1 is 1.58 bits per heavy atom. The third-order valence-corrected chi connectivity index (χ3v) is 2.02. The minimum absolute atomic E-state index is 0.487. The van der Waals surface area contributed by atoms with Gasteiger partial charge in [0.25, 0.3) is 0 Å². The monoisotopic (exact) mass is 162 g/mol. The maximum Gasteiger partial charge on any atom is 0.168 e. The van der Waals surface area contributed by atoms with Crippen LogP contribution in [0.25, 0.3) is 0 Å². The number of hydrogen-bond donors (Lipinski definition) is 0. The van der Waals surface area contributed by atoms with E-state index in [-0.39, 0.29) is 0 Å². The molecule has 1 aliphatic carbocycles. The van der Waals surface area contributed by atoms with Gasteiger partial charge in [-0.1, -0.05) is 0 Å². The van der Waals surface area contributed by atoms with Gasteiger partial charge in [0.05, 0.1) is 0 Å². The summed E-state index contributed by atoms with van der Waals surface area (Å²) in [5.74, 6) is 1.58. The van der Waals surface area contributed by atoms with Crippen molar-refractivity contribution < 1.29 is 4.79 Å². The van der Waals surface area contributed by atoms with Gasteiger partial charge in [-0.3, -0.25) is 4.79 Å². The van der Waals surface area contributed by atoms with Crippen LogP contribution in [0.3, 0.4) is 0 Å². The zero-order valence-electron chi connectivity index (χ0n) is 6.73. The van der Waals surface area contributed by atoms with E-state index in [4.69, 9.17) is 0 Å². The lowest BCUT2D eigenvalue weighted by Gasteiger charge is -1.96. The van der Waals surface area contributed by atoms with Crippen LogP contribution in [0.5, 0.6) is 0 Å². The Labute approximate surface area is 70.9 Å². The van der Waals surface area contributed by atoms with Gasteiger partial charge < -0.3 is 0 Å². The molecule has 3 nitrogen and oxygen atoms in total. The van der Waals surface area contributed by atoms with Gasteiger partial charge in [0.2, 0.25) is 0 Å². The fraction of sp³-hybridized carbons (Fsp3) is 0.444. The summed E-state index contributed by atoms with van der Waals surface area (Å²) in [4.78, 5) is 18.6. The molecule has 0 spiro atoms. The van der Waals surface area contributed by atoms with Crippen LogP contribution in [-0.2, 0) is 6.42 Å². The van der Waals surface area contributed by atoms with Crippen LogP contribution in [0, 0.1) is 5.92 Å². The van der Waals surface area contributed by atoms with Crippen molar-refractivity contribution in [1.29, 1.82) is 0 Å². The Kier molecular flexibility index (Phi) is 1.86. The van der Waals surface area contributed by atoms with Gasteiger partial charge >= 0.3 is 0 Å². The molecular weight excluding hydrogens is 152 g/mol. The lowest BCUT2D eigenvalue weighted by molar-refractivity contribution is 0.111. The molecule has 0 saturated heterocycles. The fourth-order valence-corrected chi connectivity index (χ4v) is 1.16. The topological polar surface area (TPSA) is 42.9 Å². The highest BCUT2D eigenvalue weighted by Crippen LogP contribution is 2.31. The molecule has 1 aliphatic rings. The first-order valence-electron chi connectivity index (χ1n) is 4.15. The predicted octanol–water partition coefficient (Wildman–Crippen LogP) is 1.24. The van der Waals surface area contributed by atoms with Gasteiger partial charge in [0.1, 0.15) is 11.5 Å². The van der Waals surface area contributed by atoms with E-state index in [1.54, 1.807) is 12.3 Å². The fourth-order valence-electron chi connectivity index (χ4n) is 1.16. The smallest absolute Gasteiger partial charge is 0.168 e. The molecule has 1 fully saturated rings. The van der Waals surface area contributed by atoms with Gasteiger partial charge in [-0.2, -0.15) is 0 Å². The second kappa shape index (κ2) is 3.01. The van der Waals surface area contributed by atoms with Crippen LogP contribution in [0.4, 0.5) is 0 Å². The van der Waals surface area contributed by atoms with Crippen molar-refractivity contribution in [2.24, 2.45) is 5.92 Å². The molecule has 1 aromatic heterocycles. The average Bonchev–Trinajstić information content (AvgIpc) is 2.89. The zero-order chi connectivity index (χ0) is 8.39. The largest absolute Gasteiger partial charge is 0.296 e. The van der Waals surface area contributed by atoms with E-state index in [0.717, 1.165) is 24.4 Å². The lowest BCUT2D eigenvalue weighted by atomic mass is 10.3. The summed E-state index contributed by atoms with van der Waals surface area (Å²) >= 11 is 0. The van der Waals surface area contributed by atoms with Crippen molar-refractivity contribution in [3.05, 3.63) is 23.8 Å². The molecule has 0 amide bonds. The molecule has 1 saturated carbocycles. The molecule has 3 heteroatoms. The van der Waals surface area contributed by atoms with Gasteiger partial charge in [0.15, 0.2) is 6.29 Å². The van der Waals surface area contributed by atoms with Crippen molar-refractivity contribution in [3.63, 3.8) is 0 Å². The predicted molar refractivity (Wildman–Crippen MR) is 43.8 cm³/mol. The highest BCUT2D eigenvalue weighted by Gasteiger charge is 2.22. The number of aromatic nitrogens is 2. The van der Waals surface area contributed by atoms with E-state index in [1.807, 2.05) is 0 Å². The van der Waals surface area contributed by atoms with Gasteiger partial charge in [-0.05, 0) is 24.8 Å². The van der Waals surface area contributed by atoms with Crippen molar-refractivity contribution in [2.45, 2.75) is 19.3 Å². The molecule has 1 aromatic rings. The molecule has 12 heavy (non-hydrogen) atoms. The third kappa shape index (κ3) is 1.67. The van der Waals surface area contributed by atoms with Gasteiger partial charge in [-0.15, -0.1) is 0 Å². The minimum atomic E-state index is 0.487. The Morgan fingerprint density at radius 2 is 2.42 bits per heavy atom. The number of carbonyl (C=O) groups is 1. The van der Waals surface area contributed by atoms with E-state index in [0.29, 0.717) is 5.69 Å². The second-order valence-corrected chi connectivity index (χ2v) is 3.16. The quantitative estimate of drug-likeness (QED) is 0.628. The number of aldehydes is 1. The van der Waals surface area contributed by atoms with E-state index in [9.17, 15) is 4.79 Å². The van der Waals surface area contributed by atoms with E-state index in [1.165, 1.54) is 12.8 Å². The van der Waals surface area contributed by atoms with Crippen LogP contribution in [0.1, 0.15) is 29.2 Å². The van der Waals surface area contributed by atoms with Gasteiger partial charge in [-0.25, -0.2) is 9.97 Å². The molecule has 0 aliphatic heterocycles. The van der Waals surface area contributed by atoms with Crippen molar-refractivity contribution >= 4 is 6.29 Å². The molecule has 0 atom stereocenters. The highest BCUT2D eigenvalue weighted by atomic mass is 16.1. The van der Waals surface area contributed by atoms with Crippen LogP contribution in [-0.4, -0.2) is 16.3 Å². The van der Waals surface area contributed by atoms with Crippen molar-refractivity contribution in [1.82, 2.24) is 9.97 Å². The van der Waals surface area contributed by atoms with Gasteiger partial charge in [0, 0.05) is 12.6 Å². The Balaban J connectivity index is 2.13. The number of rotatable bonds is 3. The number of nitrogens with zero attached hydrogens (tertiary/aromatic N) is 2. The minimum Gasteiger partial charge on any atom is -0.296 e. The van der Waals surface area contributed by atoms with E-state index in [2.05, 4.69) is 9.97 Å². The Morgan fingerprint density at radius 3 is 3.08 bits per heavy atom. The maximum atomic E-state index is 10.4. The summed E-state index contributed by atoms with van der Waals surface area (Å²) in [7, 11) is 0. The highest BCUT2D eigenvalue weighted by molar-refractivity contribution is 5.71. The van der Waals surface area contributed by atoms with Crippen LogP contribution >= 0.6 is 0 Å². The maximum absolute atomic E-state index is 10.4. The SMILES string of the molecule is O=Cc1ccnc(CC2CC2)n1. The Bertz CT molecular complexity index is 294. The van der Waals surface area contributed by atoms with Crippen LogP contribution in [0.2, 0.25) is 0 Å². The first-order chi connectivity index (χ1) is 5.88. The average molecular weight is 162 g/mol. The molecule has 0 aromatic carbocycles. The van der Waals surface area contributed by atoms with Crippen molar-refractivity contribution in [3.8, 4) is 0 Å². The van der Waals surface area contributed by atoms with E-state index >= 15 is 0 Å². The summed E-state index contributed by atoms with van der Waals surface area (Å²) in [6.07, 6.45) is 5.91. The first-order valence-corrected chi connectivity index (χ1v) is 4.15. The van der Waals surface area contributed by atoms with Crippen LogP contribution in [0.15, 0.2) is 12.3 Å². The second-order valence-electron chi connectivity index (χ2n) is 3.16. The third-order valence-electron chi connectivity index (χ3n) is 2.02. The summed E-state index contributed by atoms with van der Waals surface area (Å²) in [5.41, 5.74) is 0.487. The lowest BCUT2D eigenvalue weighted by Crippen LogP contribution is -1.98. The Hall–Kier alpha value is -1.25. The molecule has 62 valence electrons. The molecule has 2 rings (SSSR count). The zero-order valence-corrected chi connectivity index (χ0v) is 6.73. The molecule has 0 radical (unpaired) electrons. The van der Waals surface area contributed by atoms with E-state index < -0.39 is 0 Å². The molecule has 0 N–H and O–H groups in total. The number of carbonyl (C=O) groups excluding carboxylic acids is 1. The number of hydrogen-bond acceptors (Lipinski definition) is 3. The molecule has 0 unspecified atom stereocenters. The first kappa shape index (κ1) is 7.40. The summed E-state index contributed by atoms with van der Waals surface area (Å²) < 4.78 is 0. The van der Waals surface area contributed by atoms with Crippen molar-refractivity contribution in [2.75, 3.05) is 0 Å². The molecular formula is C9H10N2O. The molecule has 0 bridgehead atoms. The molecule has 1 heterocycles. The normalized spacial score (nSPS) is 16.0. The standard InChI is InChI=1S/C9H10N2O/c12-6-8-3-4-10-9(11-8)5-7-1-2-7/h3-4,6-7H,1-2,5H2. The summed E-state index contributed by atoms with van der Waals surface area (Å²) in [6.45, 7) is 0. The summed E-state index contributed by atoms with van der Waals surface area (Å²) in [6, 6.07) is 1.63. The van der Waals surface area contributed by atoms with Crippen LogP contribution < -0.4 is 0 Å². The summed E-state index contributed by atoms with van der Waals surface area (Å²) in [5, 5.41) is 0.